The van der Waals surface area contributed by atoms with E-state index in [0.29, 0.717) is 30.0 Å². The normalized spacial score (nSPS) is 17.0. The Bertz CT molecular complexity index is 806. The van der Waals surface area contributed by atoms with Gasteiger partial charge in [0, 0.05) is 42.7 Å². The summed E-state index contributed by atoms with van der Waals surface area (Å²) >= 11 is 0. The van der Waals surface area contributed by atoms with E-state index in [2.05, 4.69) is 33.7 Å². The number of amides is 1. The van der Waals surface area contributed by atoms with Gasteiger partial charge in [0.25, 0.3) is 5.56 Å². The van der Waals surface area contributed by atoms with Crippen molar-refractivity contribution in [1.82, 2.24) is 19.4 Å². The standard InChI is InChI=1S/C18H24N4O2/c1-4-14-15-7-6-8-21(15)9-10-22(14)17(23)11-13-12(3)19-16(5-2)20-18(13)24/h6-8,14H,4-5,9-11H2,1-3H3,(H,19,20,24). The van der Waals surface area contributed by atoms with Crippen LogP contribution in [-0.4, -0.2) is 31.9 Å². The third kappa shape index (κ3) is 2.88. The highest BCUT2D eigenvalue weighted by Gasteiger charge is 2.30. The number of H-pyrrole nitrogens is 1. The molecule has 0 fully saturated rings. The minimum Gasteiger partial charge on any atom is -0.348 e. The molecule has 1 unspecified atom stereocenters. The zero-order valence-corrected chi connectivity index (χ0v) is 14.5. The number of nitrogens with zero attached hydrogens (tertiary/aromatic N) is 3. The Kier molecular flexibility index (Phi) is 4.55. The smallest absolute Gasteiger partial charge is 0.254 e. The molecule has 1 atom stereocenters. The summed E-state index contributed by atoms with van der Waals surface area (Å²) in [4.78, 5) is 34.2. The molecule has 24 heavy (non-hydrogen) atoms. The molecule has 1 amide bonds. The van der Waals surface area contributed by atoms with Crippen LogP contribution < -0.4 is 5.56 Å². The first-order valence-electron chi connectivity index (χ1n) is 8.58. The van der Waals surface area contributed by atoms with E-state index in [1.165, 1.54) is 5.69 Å². The maximum atomic E-state index is 12.9. The first-order chi connectivity index (χ1) is 11.5. The summed E-state index contributed by atoms with van der Waals surface area (Å²) in [6, 6.07) is 4.17. The Morgan fingerprint density at radius 2 is 2.17 bits per heavy atom. The fourth-order valence-electron chi connectivity index (χ4n) is 3.49. The van der Waals surface area contributed by atoms with Gasteiger partial charge in [0.2, 0.25) is 5.91 Å². The molecule has 0 saturated carbocycles. The lowest BCUT2D eigenvalue weighted by atomic mass is 10.0. The molecular weight excluding hydrogens is 304 g/mol. The third-order valence-electron chi connectivity index (χ3n) is 4.81. The Morgan fingerprint density at radius 1 is 1.38 bits per heavy atom. The molecule has 2 aromatic rings. The number of aromatic amines is 1. The number of hydrogen-bond acceptors (Lipinski definition) is 3. The second-order valence-electron chi connectivity index (χ2n) is 6.24. The summed E-state index contributed by atoms with van der Waals surface area (Å²) in [5.74, 6) is 0.657. The van der Waals surface area contributed by atoms with Gasteiger partial charge in [0.15, 0.2) is 0 Å². The summed E-state index contributed by atoms with van der Waals surface area (Å²) in [6.45, 7) is 7.31. The van der Waals surface area contributed by atoms with Crippen LogP contribution in [0.5, 0.6) is 0 Å². The number of fused-ring (bicyclic) bond motifs is 1. The van der Waals surface area contributed by atoms with Gasteiger partial charge in [0.05, 0.1) is 12.5 Å². The second-order valence-corrected chi connectivity index (χ2v) is 6.24. The molecule has 6 heteroatoms. The lowest BCUT2D eigenvalue weighted by Crippen LogP contribution is -2.43. The maximum absolute atomic E-state index is 12.9. The van der Waals surface area contributed by atoms with Crippen LogP contribution in [0.4, 0.5) is 0 Å². The molecule has 3 rings (SSSR count). The molecule has 0 spiro atoms. The van der Waals surface area contributed by atoms with Crippen molar-refractivity contribution in [3.63, 3.8) is 0 Å². The first-order valence-corrected chi connectivity index (χ1v) is 8.58. The molecule has 128 valence electrons. The number of rotatable bonds is 4. The molecule has 6 nitrogen and oxygen atoms in total. The monoisotopic (exact) mass is 328 g/mol. The lowest BCUT2D eigenvalue weighted by Gasteiger charge is -2.36. The molecular formula is C18H24N4O2. The van der Waals surface area contributed by atoms with Gasteiger partial charge in [-0.1, -0.05) is 13.8 Å². The summed E-state index contributed by atoms with van der Waals surface area (Å²) in [7, 11) is 0. The molecule has 1 aliphatic heterocycles. The van der Waals surface area contributed by atoms with Crippen molar-refractivity contribution < 1.29 is 4.79 Å². The summed E-state index contributed by atoms with van der Waals surface area (Å²) < 4.78 is 2.20. The van der Waals surface area contributed by atoms with E-state index in [4.69, 9.17) is 0 Å². The van der Waals surface area contributed by atoms with Crippen molar-refractivity contribution >= 4 is 5.91 Å². The molecule has 0 bridgehead atoms. The van der Waals surface area contributed by atoms with Crippen molar-refractivity contribution in [1.29, 1.82) is 0 Å². The minimum atomic E-state index is -0.193. The van der Waals surface area contributed by atoms with E-state index in [1.807, 2.05) is 17.9 Å². The van der Waals surface area contributed by atoms with E-state index in [-0.39, 0.29) is 23.9 Å². The van der Waals surface area contributed by atoms with E-state index in [1.54, 1.807) is 6.92 Å². The number of carbonyl (C=O) groups excluding carboxylic acids is 1. The van der Waals surface area contributed by atoms with Gasteiger partial charge in [-0.25, -0.2) is 4.98 Å². The fourth-order valence-corrected chi connectivity index (χ4v) is 3.49. The first kappa shape index (κ1) is 16.5. The molecule has 1 N–H and O–H groups in total. The summed E-state index contributed by atoms with van der Waals surface area (Å²) in [6.07, 6.45) is 3.70. The van der Waals surface area contributed by atoms with Gasteiger partial charge in [-0.3, -0.25) is 9.59 Å². The van der Waals surface area contributed by atoms with Crippen molar-refractivity contribution in [3.8, 4) is 0 Å². The van der Waals surface area contributed by atoms with Crippen LogP contribution in [0.25, 0.3) is 0 Å². The van der Waals surface area contributed by atoms with Gasteiger partial charge in [-0.2, -0.15) is 0 Å². The van der Waals surface area contributed by atoms with E-state index < -0.39 is 0 Å². The Morgan fingerprint density at radius 3 is 2.83 bits per heavy atom. The topological polar surface area (TPSA) is 71.0 Å². The molecule has 0 aromatic carbocycles. The molecule has 0 aliphatic carbocycles. The van der Waals surface area contributed by atoms with Crippen LogP contribution in [0.3, 0.4) is 0 Å². The average molecular weight is 328 g/mol. The van der Waals surface area contributed by atoms with Crippen LogP contribution in [-0.2, 0) is 24.2 Å². The Hall–Kier alpha value is -2.37. The zero-order chi connectivity index (χ0) is 17.3. The van der Waals surface area contributed by atoms with Gasteiger partial charge < -0.3 is 14.5 Å². The van der Waals surface area contributed by atoms with Gasteiger partial charge in [-0.15, -0.1) is 0 Å². The lowest BCUT2D eigenvalue weighted by molar-refractivity contribution is -0.134. The maximum Gasteiger partial charge on any atom is 0.254 e. The van der Waals surface area contributed by atoms with E-state index >= 15 is 0 Å². The summed E-state index contributed by atoms with van der Waals surface area (Å²) in [5.41, 5.74) is 2.11. The average Bonchev–Trinajstić information content (AvgIpc) is 3.05. The quantitative estimate of drug-likeness (QED) is 0.933. The minimum absolute atomic E-state index is 0.00560. The van der Waals surface area contributed by atoms with Crippen molar-refractivity contribution in [2.45, 2.75) is 52.6 Å². The van der Waals surface area contributed by atoms with Gasteiger partial charge >= 0.3 is 0 Å². The number of aromatic nitrogens is 3. The van der Waals surface area contributed by atoms with Crippen molar-refractivity contribution in [2.24, 2.45) is 0 Å². The van der Waals surface area contributed by atoms with Gasteiger partial charge in [0.1, 0.15) is 5.82 Å². The number of hydrogen-bond donors (Lipinski definition) is 1. The van der Waals surface area contributed by atoms with Crippen LogP contribution in [0.1, 0.15) is 49.1 Å². The predicted octanol–water partition coefficient (Wildman–Crippen LogP) is 1.98. The van der Waals surface area contributed by atoms with Crippen molar-refractivity contribution in [3.05, 3.63) is 51.5 Å². The van der Waals surface area contributed by atoms with E-state index in [0.717, 1.165) is 13.0 Å². The Balaban J connectivity index is 1.84. The highest BCUT2D eigenvalue weighted by atomic mass is 16.2. The Labute approximate surface area is 141 Å². The molecule has 0 radical (unpaired) electrons. The SMILES string of the molecule is CCc1nc(C)c(CC(=O)N2CCn3cccc3C2CC)c(=O)[nH]1. The fraction of sp³-hybridized carbons (Fsp3) is 0.500. The third-order valence-corrected chi connectivity index (χ3v) is 4.81. The molecule has 0 saturated heterocycles. The zero-order valence-electron chi connectivity index (χ0n) is 14.5. The van der Waals surface area contributed by atoms with Crippen LogP contribution in [0.15, 0.2) is 23.1 Å². The number of nitrogens with one attached hydrogen (secondary N) is 1. The second kappa shape index (κ2) is 6.63. The van der Waals surface area contributed by atoms with Crippen LogP contribution >= 0.6 is 0 Å². The largest absolute Gasteiger partial charge is 0.348 e. The van der Waals surface area contributed by atoms with Crippen molar-refractivity contribution in [2.75, 3.05) is 6.54 Å². The molecule has 3 heterocycles. The van der Waals surface area contributed by atoms with Crippen LogP contribution in [0, 0.1) is 6.92 Å². The van der Waals surface area contributed by atoms with Gasteiger partial charge in [-0.05, 0) is 25.5 Å². The molecule has 1 aliphatic rings. The number of aryl methyl sites for hydroxylation is 2. The van der Waals surface area contributed by atoms with E-state index in [9.17, 15) is 9.59 Å². The molecule has 2 aromatic heterocycles. The summed E-state index contributed by atoms with van der Waals surface area (Å²) in [5, 5.41) is 0. The highest BCUT2D eigenvalue weighted by Crippen LogP contribution is 2.29. The predicted molar refractivity (Wildman–Crippen MR) is 91.9 cm³/mol. The highest BCUT2D eigenvalue weighted by molar-refractivity contribution is 5.79. The van der Waals surface area contributed by atoms with Crippen LogP contribution in [0.2, 0.25) is 0 Å². The number of carbonyl (C=O) groups is 1.